The molecule has 0 saturated heterocycles. The van der Waals surface area contributed by atoms with Crippen LogP contribution < -0.4 is 0 Å². The maximum absolute atomic E-state index is 7.35. The lowest BCUT2D eigenvalue weighted by molar-refractivity contribution is -0.634. The van der Waals surface area contributed by atoms with Gasteiger partial charge < -0.3 is 0 Å². The lowest BCUT2D eigenvalue weighted by atomic mass is 10.1. The summed E-state index contributed by atoms with van der Waals surface area (Å²) in [6.07, 6.45) is 0. The summed E-state index contributed by atoms with van der Waals surface area (Å²) in [5, 5.41) is 0. The summed E-state index contributed by atoms with van der Waals surface area (Å²) in [6.45, 7) is 1.58. The van der Waals surface area contributed by atoms with Gasteiger partial charge in [0.25, 0.3) is 0 Å². The molecular weight excluding hydrogens is 124 g/mol. The van der Waals surface area contributed by atoms with Crippen LogP contribution >= 0.6 is 0 Å². The third kappa shape index (κ3) is 0.727. The zero-order valence-electron chi connectivity index (χ0n) is 5.67. The minimum absolute atomic E-state index is 0.788. The summed E-state index contributed by atoms with van der Waals surface area (Å²) in [4.78, 5) is 0. The summed E-state index contributed by atoms with van der Waals surface area (Å²) >= 11 is 0. The van der Waals surface area contributed by atoms with E-state index in [2.05, 4.69) is 12.1 Å². The van der Waals surface area contributed by atoms with Crippen LogP contribution in [-0.2, 0) is 13.1 Å². The number of nitrogens with zero attached hydrogens (tertiary/aromatic N) is 1. The highest BCUT2D eigenvalue weighted by molar-refractivity contribution is 5.27. The van der Waals surface area contributed by atoms with E-state index in [4.69, 9.17) is 5.53 Å². The molecule has 2 rings (SSSR count). The Labute approximate surface area is 59.6 Å². The lowest BCUT2D eigenvalue weighted by Gasteiger charge is -1.86. The lowest BCUT2D eigenvalue weighted by Crippen LogP contribution is -1.93. The van der Waals surface area contributed by atoms with Crippen LogP contribution in [0.3, 0.4) is 0 Å². The molecule has 1 aromatic rings. The number of benzene rings is 1. The Hall–Kier alpha value is -1.18. The average molecular weight is 133 g/mol. The number of nitrogens with one attached hydrogen (secondary N) is 1. The van der Waals surface area contributed by atoms with Gasteiger partial charge in [0.15, 0.2) is 13.1 Å². The predicted octanol–water partition coefficient (Wildman–Crippen LogP) is 1.74. The van der Waals surface area contributed by atoms with Crippen molar-refractivity contribution in [2.75, 3.05) is 0 Å². The van der Waals surface area contributed by atoms with E-state index in [1.807, 2.05) is 12.1 Å². The first-order chi connectivity index (χ1) is 4.86. The number of rotatable bonds is 0. The molecule has 0 saturated carbocycles. The van der Waals surface area contributed by atoms with E-state index >= 15 is 0 Å². The maximum Gasteiger partial charge on any atom is 0.194 e. The fourth-order valence-electron chi connectivity index (χ4n) is 1.33. The van der Waals surface area contributed by atoms with Crippen LogP contribution in [0, 0.1) is 5.53 Å². The summed E-state index contributed by atoms with van der Waals surface area (Å²) in [6, 6.07) is 8.23. The van der Waals surface area contributed by atoms with Crippen molar-refractivity contribution in [3.8, 4) is 0 Å². The summed E-state index contributed by atoms with van der Waals surface area (Å²) in [5.41, 5.74) is 9.96. The van der Waals surface area contributed by atoms with Crippen molar-refractivity contribution < 1.29 is 4.70 Å². The maximum atomic E-state index is 7.35. The molecule has 50 valence electrons. The Balaban J connectivity index is 2.51. The van der Waals surface area contributed by atoms with E-state index < -0.39 is 0 Å². The van der Waals surface area contributed by atoms with E-state index in [-0.39, 0.29) is 0 Å². The van der Waals surface area contributed by atoms with Crippen LogP contribution in [0.25, 0.3) is 0 Å². The monoisotopic (exact) mass is 133 g/mol. The summed E-state index contributed by atoms with van der Waals surface area (Å²) in [7, 11) is 0. The number of hydrogen-bond donors (Lipinski definition) is 1. The fourth-order valence-corrected chi connectivity index (χ4v) is 1.33. The molecule has 10 heavy (non-hydrogen) atoms. The first-order valence-electron chi connectivity index (χ1n) is 3.39. The minimum Gasteiger partial charge on any atom is -0.121 e. The molecule has 1 N–H and O–H groups in total. The Kier molecular flexibility index (Phi) is 1.07. The Morgan fingerprint density at radius 1 is 1.10 bits per heavy atom. The van der Waals surface area contributed by atoms with Crippen molar-refractivity contribution in [1.82, 2.24) is 0 Å². The fraction of sp³-hybridized carbons (Fsp3) is 0.250. The van der Waals surface area contributed by atoms with Crippen molar-refractivity contribution in [3.05, 3.63) is 35.4 Å². The first-order valence-corrected chi connectivity index (χ1v) is 3.39. The van der Waals surface area contributed by atoms with Gasteiger partial charge in [-0.2, -0.15) is 0 Å². The average Bonchev–Trinajstić information content (AvgIpc) is 2.27. The van der Waals surface area contributed by atoms with Crippen molar-refractivity contribution in [3.63, 3.8) is 0 Å². The highest BCUT2D eigenvalue weighted by atomic mass is 15.2. The smallest absolute Gasteiger partial charge is 0.121 e. The molecule has 1 heterocycles. The van der Waals surface area contributed by atoms with Crippen LogP contribution in [0.2, 0.25) is 0 Å². The van der Waals surface area contributed by atoms with Gasteiger partial charge in [-0.15, -0.1) is 4.70 Å². The van der Waals surface area contributed by atoms with Gasteiger partial charge in [0, 0.05) is 11.1 Å². The number of hydrogen-bond acceptors (Lipinski definition) is 1. The molecule has 1 aliphatic rings. The molecule has 0 radical (unpaired) electrons. The Bertz CT molecular complexity index is 251. The number of fused-ring (bicyclic) bond motifs is 1. The highest BCUT2D eigenvalue weighted by Gasteiger charge is 2.19. The molecule has 0 spiro atoms. The molecule has 0 unspecified atom stereocenters. The van der Waals surface area contributed by atoms with Crippen LogP contribution in [0.15, 0.2) is 24.3 Å². The van der Waals surface area contributed by atoms with Gasteiger partial charge in [-0.25, -0.2) is 0 Å². The van der Waals surface area contributed by atoms with Gasteiger partial charge in [0.1, 0.15) is 0 Å². The molecule has 1 aliphatic heterocycles. The van der Waals surface area contributed by atoms with Gasteiger partial charge in [0.2, 0.25) is 0 Å². The van der Waals surface area contributed by atoms with Crippen LogP contribution in [0.1, 0.15) is 11.1 Å². The first kappa shape index (κ1) is 5.59. The second kappa shape index (κ2) is 1.90. The summed E-state index contributed by atoms with van der Waals surface area (Å²) in [5.74, 6) is 0. The molecule has 0 amide bonds. The van der Waals surface area contributed by atoms with Gasteiger partial charge in [-0.05, 0) is 0 Å². The van der Waals surface area contributed by atoms with Gasteiger partial charge in [-0.1, -0.05) is 29.8 Å². The molecule has 0 fully saturated rings. The SMILES string of the molecule is N=[N+]1Cc2ccccc2C1. The van der Waals surface area contributed by atoms with E-state index in [0.717, 1.165) is 13.1 Å². The molecule has 0 bridgehead atoms. The van der Waals surface area contributed by atoms with Crippen LogP contribution in [0.4, 0.5) is 0 Å². The van der Waals surface area contributed by atoms with E-state index in [9.17, 15) is 0 Å². The third-order valence-corrected chi connectivity index (χ3v) is 1.84. The van der Waals surface area contributed by atoms with E-state index in [0.29, 0.717) is 0 Å². The molecule has 2 nitrogen and oxygen atoms in total. The zero-order valence-corrected chi connectivity index (χ0v) is 5.67. The second-order valence-corrected chi connectivity index (χ2v) is 2.62. The standard InChI is InChI=1S/C8H9N2/c9-10-5-7-3-1-2-4-8(7)6-10/h1-4,9H,5-6H2/q+1. The van der Waals surface area contributed by atoms with Crippen LogP contribution in [0.5, 0.6) is 0 Å². The molecule has 2 heteroatoms. The molecule has 0 aliphatic carbocycles. The van der Waals surface area contributed by atoms with Crippen molar-refractivity contribution >= 4 is 0 Å². The molecule has 0 aromatic heterocycles. The van der Waals surface area contributed by atoms with Crippen molar-refractivity contribution in [2.45, 2.75) is 13.1 Å². The largest absolute Gasteiger partial charge is 0.194 e. The third-order valence-electron chi connectivity index (χ3n) is 1.84. The summed E-state index contributed by atoms with van der Waals surface area (Å²) < 4.78 is 1.57. The predicted molar refractivity (Wildman–Crippen MR) is 36.8 cm³/mol. The minimum atomic E-state index is 0.788. The normalized spacial score (nSPS) is 15.4. The van der Waals surface area contributed by atoms with Gasteiger partial charge in [-0.3, -0.25) is 0 Å². The quantitative estimate of drug-likeness (QED) is 0.522. The highest BCUT2D eigenvalue weighted by Crippen LogP contribution is 2.17. The van der Waals surface area contributed by atoms with Gasteiger partial charge in [0.05, 0.1) is 0 Å². The zero-order chi connectivity index (χ0) is 6.97. The van der Waals surface area contributed by atoms with Crippen molar-refractivity contribution in [1.29, 1.82) is 5.53 Å². The van der Waals surface area contributed by atoms with E-state index in [1.165, 1.54) is 11.1 Å². The van der Waals surface area contributed by atoms with E-state index in [1.54, 1.807) is 4.70 Å². The Morgan fingerprint density at radius 3 is 2.10 bits per heavy atom. The topological polar surface area (TPSA) is 26.9 Å². The Morgan fingerprint density at radius 2 is 1.60 bits per heavy atom. The molecular formula is C8H9N2+. The van der Waals surface area contributed by atoms with Crippen molar-refractivity contribution in [2.24, 2.45) is 0 Å². The van der Waals surface area contributed by atoms with Crippen LogP contribution in [-0.4, -0.2) is 4.70 Å². The second-order valence-electron chi connectivity index (χ2n) is 2.62. The molecule has 1 aromatic carbocycles. The van der Waals surface area contributed by atoms with Gasteiger partial charge >= 0.3 is 0 Å². The molecule has 0 atom stereocenters.